The Bertz CT molecular complexity index is 3240. The summed E-state index contributed by atoms with van der Waals surface area (Å²) in [4.78, 5) is 96.7. The number of phosphoric ester groups is 1. The van der Waals surface area contributed by atoms with Crippen LogP contribution in [0.3, 0.4) is 0 Å². The first kappa shape index (κ1) is 65.2. The molecule has 438 valence electrons. The number of carbonyl (C=O) groups excluding carboxylic acids is 1. The van der Waals surface area contributed by atoms with Crippen LogP contribution >= 0.6 is 66.6 Å². The number of ether oxygens (including phenoxy) is 4. The molecule has 8 N–H and O–H groups in total. The van der Waals surface area contributed by atoms with Gasteiger partial charge < -0.3 is 54.3 Å². The van der Waals surface area contributed by atoms with Gasteiger partial charge in [0, 0.05) is 82.5 Å². The molecule has 7 atom stereocenters. The average molecular weight is 1250 g/mol. The van der Waals surface area contributed by atoms with Crippen molar-refractivity contribution < 1.29 is 80.1 Å². The van der Waals surface area contributed by atoms with Gasteiger partial charge in [-0.3, -0.25) is 28.7 Å². The maximum atomic E-state index is 13.7. The van der Waals surface area contributed by atoms with Crippen molar-refractivity contribution in [1.82, 2.24) is 14.9 Å². The minimum absolute atomic E-state index is 0.00676. The molecule has 1 aliphatic carbocycles. The van der Waals surface area contributed by atoms with Crippen LogP contribution in [0.1, 0.15) is 117 Å². The normalized spacial score (nSPS) is 21.2. The lowest BCUT2D eigenvalue weighted by atomic mass is 9.73. The maximum Gasteiger partial charge on any atom is 0.490 e. The van der Waals surface area contributed by atoms with Crippen molar-refractivity contribution in [1.29, 1.82) is 0 Å². The highest BCUT2D eigenvalue weighted by atomic mass is 33.1. The Hall–Kier alpha value is -3.94. The number of phosphoric acid groups is 3. The lowest BCUT2D eigenvalue weighted by Crippen LogP contribution is -2.36. The molecule has 0 bridgehead atoms. The number of H-pyrrole nitrogens is 1. The van der Waals surface area contributed by atoms with Gasteiger partial charge in [-0.25, -0.2) is 23.3 Å². The number of carboxylic acid groups (broad SMARTS) is 1. The zero-order chi connectivity index (χ0) is 59.0. The first-order valence-corrected chi connectivity index (χ1v) is 33.8. The third kappa shape index (κ3) is 18.5. The number of fused-ring (bicyclic) bond motifs is 2. The smallest absolute Gasteiger partial charge is 0.478 e. The number of nitrogens with one attached hydrogen (secondary N) is 3. The van der Waals surface area contributed by atoms with Crippen LogP contribution in [0.5, 0.6) is 5.75 Å². The standard InChI is InChI=1S/C49H64N5O19P3S4/c1-10-50-36-20-38-34(17-28(36)3)43(35-18-29(4)37(51-11-2)21-39(35)70-38)32-15-14-30(19-33(32)46(57)58)44(55)52-25-49(8,9)80-77-26-67-16-12-13-31-23-54(47(59)53-45(31)56)42-22-40(68-27-78-79-48(5,6)7)41(71-42)24-69-75(63,64)73-76(65,66)72-74(60,61)62/h14-15,17-21,23,34,40-43,51H,10-11,16,22,24-27H2,1-9H3,(H,52,55)(H,57,58)(H,63,64)(H,65,66)(H,53,56,59)(H2,60,61,62)/b50-36-/t34?,40?,41-,42-,43?/m1/s1. The number of amides is 1. The van der Waals surface area contributed by atoms with Gasteiger partial charge in [0.15, 0.2) is 0 Å². The molecule has 80 heavy (non-hydrogen) atoms. The number of aliphatic imine (C=N–C) groups is 1. The number of carbonyl (C=O) groups is 2. The largest absolute Gasteiger partial charge is 0.490 e. The monoisotopic (exact) mass is 1250 g/mol. The van der Waals surface area contributed by atoms with Gasteiger partial charge in [0.25, 0.3) is 11.5 Å². The first-order chi connectivity index (χ1) is 37.4. The molecule has 1 aromatic heterocycles. The Morgan fingerprint density at radius 2 is 1.69 bits per heavy atom. The molecule has 3 aliphatic rings. The van der Waals surface area contributed by atoms with Crippen LogP contribution in [-0.2, 0) is 41.1 Å². The second-order valence-corrected chi connectivity index (χ2v) is 30.2. The molecule has 0 saturated carbocycles. The summed E-state index contributed by atoms with van der Waals surface area (Å²) >= 11 is 0. The number of aromatic amines is 1. The summed E-state index contributed by atoms with van der Waals surface area (Å²) < 4.78 is 72.2. The van der Waals surface area contributed by atoms with Crippen LogP contribution in [0.25, 0.3) is 0 Å². The number of allylic oxidation sites excluding steroid dienone is 3. The van der Waals surface area contributed by atoms with E-state index in [1.54, 1.807) is 12.1 Å². The minimum Gasteiger partial charge on any atom is -0.478 e. The van der Waals surface area contributed by atoms with E-state index in [4.69, 9.17) is 33.3 Å². The van der Waals surface area contributed by atoms with Gasteiger partial charge in [0.2, 0.25) is 0 Å². The molecular formula is C49H64N5O19P3S4. The van der Waals surface area contributed by atoms with E-state index in [9.17, 15) is 47.8 Å². The zero-order valence-corrected chi connectivity index (χ0v) is 50.9. The lowest BCUT2D eigenvalue weighted by molar-refractivity contribution is -0.0543. The molecule has 3 heterocycles. The first-order valence-electron chi connectivity index (χ1n) is 24.6. The number of hydrogen-bond donors (Lipinski definition) is 8. The Kier molecular flexibility index (Phi) is 22.5. The lowest BCUT2D eigenvalue weighted by Gasteiger charge is -2.37. The van der Waals surface area contributed by atoms with E-state index in [0.29, 0.717) is 30.2 Å². The maximum absolute atomic E-state index is 13.7. The fraction of sp³-hybridized carbons (Fsp3) is 0.490. The minimum atomic E-state index is -5.80. The van der Waals surface area contributed by atoms with E-state index in [-0.39, 0.29) is 58.8 Å². The molecule has 3 aromatic rings. The van der Waals surface area contributed by atoms with Gasteiger partial charge in [-0.05, 0) is 76.4 Å². The number of carboxylic acids is 1. The quantitative estimate of drug-likeness (QED) is 0.0129. The van der Waals surface area contributed by atoms with E-state index in [0.717, 1.165) is 38.9 Å². The highest BCUT2D eigenvalue weighted by molar-refractivity contribution is 8.77. The van der Waals surface area contributed by atoms with E-state index < -0.39 is 82.3 Å². The summed E-state index contributed by atoms with van der Waals surface area (Å²) in [5.41, 5.74) is 3.31. The molecule has 6 rings (SSSR count). The molecule has 5 unspecified atom stereocenters. The fourth-order valence-electron chi connectivity index (χ4n) is 8.38. The Labute approximate surface area is 477 Å². The number of aryl methyl sites for hydroxylation is 1. The predicted octanol–water partition coefficient (Wildman–Crippen LogP) is 8.49. The van der Waals surface area contributed by atoms with E-state index in [1.807, 2.05) is 80.5 Å². The van der Waals surface area contributed by atoms with Gasteiger partial charge in [0.05, 0.1) is 24.0 Å². The molecule has 1 fully saturated rings. The summed E-state index contributed by atoms with van der Waals surface area (Å²) in [7, 11) is -11.4. The van der Waals surface area contributed by atoms with Crippen LogP contribution in [0.15, 0.2) is 74.6 Å². The number of benzene rings is 2. The zero-order valence-electron chi connectivity index (χ0n) is 45.0. The molecule has 1 amide bonds. The Morgan fingerprint density at radius 1 is 0.963 bits per heavy atom. The van der Waals surface area contributed by atoms with Crippen molar-refractivity contribution in [3.05, 3.63) is 114 Å². The van der Waals surface area contributed by atoms with Crippen molar-refractivity contribution in [3.8, 4) is 17.6 Å². The number of rotatable bonds is 25. The third-order valence-corrected chi connectivity index (χ3v) is 21.5. The topological polar surface area (TPSA) is 342 Å². The Balaban J connectivity index is 1.05. The molecule has 1 saturated heterocycles. The second kappa shape index (κ2) is 27.6. The van der Waals surface area contributed by atoms with Crippen molar-refractivity contribution >= 4 is 89.9 Å². The van der Waals surface area contributed by atoms with Gasteiger partial charge in [-0.2, -0.15) is 8.62 Å². The van der Waals surface area contributed by atoms with Crippen molar-refractivity contribution in [2.45, 2.75) is 103 Å². The SMILES string of the molecule is CC/N=C1/C=C2Oc3cc(NCC)c(C)cc3C(c3ccc(C(=O)NCC(C)(C)SSCOCC#Cc4cn([C@H]5CC(OCSSC(C)(C)C)[C@@H](COP(=O)(O)OP(=O)(O)OP(=O)(O)O)O5)c(=O)[nH]c4=O)cc3C(=O)O)C2C=C1C. The van der Waals surface area contributed by atoms with Gasteiger partial charge >= 0.3 is 35.1 Å². The number of nitrogens with zero attached hydrogens (tertiary/aromatic N) is 2. The molecule has 0 radical (unpaired) electrons. The number of anilines is 1. The number of aromatic nitrogens is 2. The summed E-state index contributed by atoms with van der Waals surface area (Å²) in [6, 6.07) is 8.74. The average Bonchev–Trinajstić information content (AvgIpc) is 3.86. The molecule has 2 aromatic carbocycles. The van der Waals surface area contributed by atoms with Crippen LogP contribution < -0.4 is 26.6 Å². The van der Waals surface area contributed by atoms with E-state index in [1.165, 1.54) is 49.2 Å². The predicted molar refractivity (Wildman–Crippen MR) is 308 cm³/mol. The van der Waals surface area contributed by atoms with E-state index >= 15 is 0 Å². The molecular weight excluding hydrogens is 1180 g/mol. The van der Waals surface area contributed by atoms with Crippen LogP contribution in [0.4, 0.5) is 5.69 Å². The highest BCUT2D eigenvalue weighted by Gasteiger charge is 2.44. The molecule has 2 aliphatic heterocycles. The van der Waals surface area contributed by atoms with Crippen molar-refractivity contribution in [3.63, 3.8) is 0 Å². The highest BCUT2D eigenvalue weighted by Crippen LogP contribution is 2.66. The van der Waals surface area contributed by atoms with Gasteiger partial charge in [-0.15, -0.1) is 0 Å². The van der Waals surface area contributed by atoms with Crippen molar-refractivity contribution in [2.75, 3.05) is 50.0 Å². The third-order valence-electron chi connectivity index (χ3n) is 11.7. The molecule has 24 nitrogen and oxygen atoms in total. The number of aromatic carboxylic acids is 1. The van der Waals surface area contributed by atoms with E-state index in [2.05, 4.69) is 47.1 Å². The summed E-state index contributed by atoms with van der Waals surface area (Å²) in [6.07, 6.45) is 1.73. The Morgan fingerprint density at radius 3 is 2.36 bits per heavy atom. The van der Waals surface area contributed by atoms with Crippen LogP contribution in [-0.4, -0.2) is 118 Å². The van der Waals surface area contributed by atoms with Gasteiger partial charge in [0.1, 0.15) is 47.9 Å². The summed E-state index contributed by atoms with van der Waals surface area (Å²) in [5.74, 6) is 4.46. The van der Waals surface area contributed by atoms with Crippen LogP contribution in [0, 0.1) is 24.7 Å². The molecule has 31 heteroatoms. The van der Waals surface area contributed by atoms with Gasteiger partial charge in [-0.1, -0.05) is 87.9 Å². The fourth-order valence-corrected chi connectivity index (χ4v) is 15.5. The number of hydrogen-bond acceptors (Lipinski definition) is 20. The molecule has 0 spiro atoms. The summed E-state index contributed by atoms with van der Waals surface area (Å²) in [5, 5.41) is 17.0. The van der Waals surface area contributed by atoms with Crippen molar-refractivity contribution in [2.24, 2.45) is 10.9 Å². The van der Waals surface area contributed by atoms with Crippen LogP contribution in [0.2, 0.25) is 0 Å². The summed E-state index contributed by atoms with van der Waals surface area (Å²) in [6.45, 7) is 18.2. The second-order valence-electron chi connectivity index (χ2n) is 19.7.